The number of ether oxygens (including phenoxy) is 1. The molecule has 2 rings (SSSR count). The van der Waals surface area contributed by atoms with Gasteiger partial charge in [0.05, 0.1) is 11.2 Å². The van der Waals surface area contributed by atoms with Gasteiger partial charge in [-0.15, -0.1) is 0 Å². The number of benzene rings is 1. The first-order valence-electron chi connectivity index (χ1n) is 7.40. The molecule has 0 aliphatic heterocycles. The highest BCUT2D eigenvalue weighted by Crippen LogP contribution is 2.23. The number of nitrogens with zero attached hydrogens (tertiary/aromatic N) is 2. The lowest BCUT2D eigenvalue weighted by Gasteiger charge is -2.19. The van der Waals surface area contributed by atoms with Crippen LogP contribution in [0.5, 0.6) is 0 Å². The van der Waals surface area contributed by atoms with E-state index in [1.807, 2.05) is 45.9 Å². The molecule has 23 heavy (non-hydrogen) atoms. The van der Waals surface area contributed by atoms with E-state index in [-0.39, 0.29) is 0 Å². The highest BCUT2D eigenvalue weighted by molar-refractivity contribution is 9.10. The van der Waals surface area contributed by atoms with Gasteiger partial charge < -0.3 is 15.4 Å². The van der Waals surface area contributed by atoms with Crippen LogP contribution in [-0.2, 0) is 4.74 Å². The van der Waals surface area contributed by atoms with E-state index in [1.165, 1.54) is 0 Å². The lowest BCUT2D eigenvalue weighted by atomic mass is 10.2. The minimum Gasteiger partial charge on any atom is -0.444 e. The van der Waals surface area contributed by atoms with Crippen LogP contribution in [0, 0.1) is 6.92 Å². The molecule has 0 radical (unpaired) electrons. The van der Waals surface area contributed by atoms with Gasteiger partial charge in [0.2, 0.25) is 0 Å². The van der Waals surface area contributed by atoms with Crippen LogP contribution < -0.4 is 10.6 Å². The number of carbonyl (C=O) groups excluding carboxylic acids is 1. The monoisotopic (exact) mass is 380 g/mol. The number of aryl methyl sites for hydroxylation is 1. The Labute approximate surface area is 144 Å². The molecule has 2 aromatic rings. The van der Waals surface area contributed by atoms with Gasteiger partial charge in [0, 0.05) is 17.6 Å². The SMILES string of the molecule is Cc1nc2cccc(Br)c2nc1NCCNC(=O)OC(C)(C)C. The quantitative estimate of drug-likeness (QED) is 0.791. The van der Waals surface area contributed by atoms with Gasteiger partial charge in [-0.3, -0.25) is 0 Å². The second kappa shape index (κ2) is 7.12. The first kappa shape index (κ1) is 17.5. The molecule has 7 heteroatoms. The number of fused-ring (bicyclic) bond motifs is 1. The van der Waals surface area contributed by atoms with Gasteiger partial charge >= 0.3 is 6.09 Å². The lowest BCUT2D eigenvalue weighted by molar-refractivity contribution is 0.0530. The number of aromatic nitrogens is 2. The molecule has 0 bridgehead atoms. The standard InChI is InChI=1S/C16H21BrN4O2/c1-10-14(18-8-9-19-15(22)23-16(2,3)4)21-13-11(17)6-5-7-12(13)20-10/h5-7H,8-9H2,1-4H3,(H,18,21)(H,19,22). The number of halogens is 1. The summed E-state index contributed by atoms with van der Waals surface area (Å²) >= 11 is 3.48. The number of carbonyl (C=O) groups is 1. The maximum atomic E-state index is 11.6. The number of amides is 1. The zero-order valence-electron chi connectivity index (χ0n) is 13.7. The smallest absolute Gasteiger partial charge is 0.407 e. The van der Waals surface area contributed by atoms with Crippen molar-refractivity contribution in [1.29, 1.82) is 0 Å². The van der Waals surface area contributed by atoms with Crippen LogP contribution in [0.2, 0.25) is 0 Å². The van der Waals surface area contributed by atoms with E-state index in [0.29, 0.717) is 18.9 Å². The Morgan fingerprint density at radius 3 is 2.70 bits per heavy atom. The first-order chi connectivity index (χ1) is 10.8. The van der Waals surface area contributed by atoms with Crippen LogP contribution in [0.25, 0.3) is 11.0 Å². The maximum Gasteiger partial charge on any atom is 0.407 e. The van der Waals surface area contributed by atoms with Crippen molar-refractivity contribution in [2.45, 2.75) is 33.3 Å². The summed E-state index contributed by atoms with van der Waals surface area (Å²) in [6.45, 7) is 8.36. The fourth-order valence-electron chi connectivity index (χ4n) is 1.96. The van der Waals surface area contributed by atoms with Crippen LogP contribution in [0.1, 0.15) is 26.5 Å². The molecule has 0 unspecified atom stereocenters. The van der Waals surface area contributed by atoms with E-state index < -0.39 is 11.7 Å². The third-order valence-corrected chi connectivity index (χ3v) is 3.55. The Morgan fingerprint density at radius 1 is 1.26 bits per heavy atom. The minimum atomic E-state index is -0.496. The molecule has 0 atom stereocenters. The predicted octanol–water partition coefficient (Wildman–Crippen LogP) is 3.64. The molecular weight excluding hydrogens is 360 g/mol. The highest BCUT2D eigenvalue weighted by Gasteiger charge is 2.15. The summed E-state index contributed by atoms with van der Waals surface area (Å²) in [5.41, 5.74) is 1.97. The normalized spacial score (nSPS) is 11.3. The molecule has 1 aromatic heterocycles. The fraction of sp³-hybridized carbons (Fsp3) is 0.438. The van der Waals surface area contributed by atoms with E-state index in [4.69, 9.17) is 4.74 Å². The average molecular weight is 381 g/mol. The Hall–Kier alpha value is -1.89. The molecule has 0 fully saturated rings. The van der Waals surface area contributed by atoms with Crippen LogP contribution in [0.15, 0.2) is 22.7 Å². The Kier molecular flexibility index (Phi) is 5.41. The molecule has 1 heterocycles. The zero-order valence-corrected chi connectivity index (χ0v) is 15.3. The van der Waals surface area contributed by atoms with Gasteiger partial charge in [-0.1, -0.05) is 6.07 Å². The minimum absolute atomic E-state index is 0.427. The van der Waals surface area contributed by atoms with Crippen LogP contribution >= 0.6 is 15.9 Å². The number of rotatable bonds is 4. The maximum absolute atomic E-state index is 11.6. The molecule has 0 saturated heterocycles. The van der Waals surface area contributed by atoms with Gasteiger partial charge in [0.25, 0.3) is 0 Å². The number of nitrogens with one attached hydrogen (secondary N) is 2. The molecule has 1 amide bonds. The van der Waals surface area contributed by atoms with Crippen LogP contribution in [-0.4, -0.2) is 34.8 Å². The predicted molar refractivity (Wildman–Crippen MR) is 94.7 cm³/mol. The molecule has 0 aliphatic carbocycles. The Morgan fingerprint density at radius 2 is 2.00 bits per heavy atom. The molecule has 6 nitrogen and oxygen atoms in total. The second-order valence-corrected chi connectivity index (χ2v) is 6.97. The summed E-state index contributed by atoms with van der Waals surface area (Å²) in [5, 5.41) is 5.88. The summed E-state index contributed by atoms with van der Waals surface area (Å²) in [7, 11) is 0. The third-order valence-electron chi connectivity index (χ3n) is 2.91. The summed E-state index contributed by atoms with van der Waals surface area (Å²) < 4.78 is 6.08. The summed E-state index contributed by atoms with van der Waals surface area (Å²) in [5.74, 6) is 0.704. The van der Waals surface area contributed by atoms with E-state index in [1.54, 1.807) is 0 Å². The Balaban J connectivity index is 1.94. The molecule has 0 spiro atoms. The van der Waals surface area contributed by atoms with Crippen molar-refractivity contribution in [2.24, 2.45) is 0 Å². The number of para-hydroxylation sites is 1. The van der Waals surface area contributed by atoms with Gasteiger partial charge in [0.15, 0.2) is 0 Å². The molecule has 1 aromatic carbocycles. The Bertz CT molecular complexity index is 713. The van der Waals surface area contributed by atoms with Crippen molar-refractivity contribution >= 4 is 38.9 Å². The van der Waals surface area contributed by atoms with Crippen molar-refractivity contribution in [3.05, 3.63) is 28.4 Å². The van der Waals surface area contributed by atoms with Gasteiger partial charge in [-0.2, -0.15) is 0 Å². The number of alkyl carbamates (subject to hydrolysis) is 1. The fourth-order valence-corrected chi connectivity index (χ4v) is 2.40. The highest BCUT2D eigenvalue weighted by atomic mass is 79.9. The van der Waals surface area contributed by atoms with E-state index in [0.717, 1.165) is 21.2 Å². The molecule has 2 N–H and O–H groups in total. The van der Waals surface area contributed by atoms with Crippen molar-refractivity contribution in [3.63, 3.8) is 0 Å². The molecule has 124 valence electrons. The molecular formula is C16H21BrN4O2. The van der Waals surface area contributed by atoms with Crippen molar-refractivity contribution in [1.82, 2.24) is 15.3 Å². The lowest BCUT2D eigenvalue weighted by Crippen LogP contribution is -2.35. The van der Waals surface area contributed by atoms with E-state index >= 15 is 0 Å². The largest absolute Gasteiger partial charge is 0.444 e. The number of hydrogen-bond acceptors (Lipinski definition) is 5. The first-order valence-corrected chi connectivity index (χ1v) is 8.19. The molecule has 0 saturated carbocycles. The molecule has 0 aliphatic rings. The summed E-state index contributed by atoms with van der Waals surface area (Å²) in [6.07, 6.45) is -0.427. The van der Waals surface area contributed by atoms with E-state index in [2.05, 4.69) is 36.5 Å². The van der Waals surface area contributed by atoms with Gasteiger partial charge in [0.1, 0.15) is 16.9 Å². The van der Waals surface area contributed by atoms with Crippen molar-refractivity contribution in [3.8, 4) is 0 Å². The topological polar surface area (TPSA) is 76.1 Å². The van der Waals surface area contributed by atoms with Gasteiger partial charge in [-0.25, -0.2) is 14.8 Å². The van der Waals surface area contributed by atoms with E-state index in [9.17, 15) is 4.79 Å². The zero-order chi connectivity index (χ0) is 17.0. The average Bonchev–Trinajstić information content (AvgIpc) is 2.42. The van der Waals surface area contributed by atoms with Gasteiger partial charge in [-0.05, 0) is 55.8 Å². The summed E-state index contributed by atoms with van der Waals surface area (Å²) in [6, 6.07) is 5.78. The van der Waals surface area contributed by atoms with Crippen molar-refractivity contribution in [2.75, 3.05) is 18.4 Å². The summed E-state index contributed by atoms with van der Waals surface area (Å²) in [4.78, 5) is 20.7. The second-order valence-electron chi connectivity index (χ2n) is 6.12. The number of hydrogen-bond donors (Lipinski definition) is 2. The van der Waals surface area contributed by atoms with Crippen molar-refractivity contribution < 1.29 is 9.53 Å². The third kappa shape index (κ3) is 5.06. The number of anilines is 1. The van der Waals surface area contributed by atoms with Crippen LogP contribution in [0.3, 0.4) is 0 Å². The van der Waals surface area contributed by atoms with Crippen LogP contribution in [0.4, 0.5) is 10.6 Å².